The van der Waals surface area contributed by atoms with Crippen molar-refractivity contribution in [1.29, 1.82) is 0 Å². The maximum absolute atomic E-state index is 10.6. The van der Waals surface area contributed by atoms with Crippen molar-refractivity contribution in [2.45, 2.75) is 24.2 Å². The Morgan fingerprint density at radius 1 is 1.70 bits per heavy atom. The van der Waals surface area contributed by atoms with Crippen molar-refractivity contribution in [3.05, 3.63) is 0 Å². The first-order valence-electron chi connectivity index (χ1n) is 2.89. The third-order valence-electron chi connectivity index (χ3n) is 0.833. The van der Waals surface area contributed by atoms with Gasteiger partial charge in [0.05, 0.1) is 5.37 Å². The maximum atomic E-state index is 10.6. The number of thiol groups is 2. The molecule has 0 rings (SSSR count). The van der Waals surface area contributed by atoms with Crippen molar-refractivity contribution in [3.8, 4) is 0 Å². The first-order valence-corrected chi connectivity index (χ1v) is 3.92. The molecule has 0 aliphatic heterocycles. The molecule has 0 aliphatic rings. The fourth-order valence-electron chi connectivity index (χ4n) is 0.288. The summed E-state index contributed by atoms with van der Waals surface area (Å²) < 4.78 is 4.68. The Labute approximate surface area is 71.1 Å². The summed E-state index contributed by atoms with van der Waals surface area (Å²) in [5.74, 6) is -0.315. The van der Waals surface area contributed by atoms with E-state index in [1.807, 2.05) is 0 Å². The second-order valence-corrected chi connectivity index (χ2v) is 2.83. The van der Waals surface area contributed by atoms with E-state index in [0.717, 1.165) is 0 Å². The van der Waals surface area contributed by atoms with Crippen molar-refractivity contribution in [3.63, 3.8) is 0 Å². The van der Waals surface area contributed by atoms with E-state index in [-0.39, 0.29) is 5.97 Å². The van der Waals surface area contributed by atoms with Crippen LogP contribution >= 0.6 is 25.3 Å². The van der Waals surface area contributed by atoms with Gasteiger partial charge in [-0.1, -0.05) is 6.92 Å². The monoisotopic (exact) mass is 181 g/mol. The lowest BCUT2D eigenvalue weighted by Gasteiger charge is -2.13. The van der Waals surface area contributed by atoms with E-state index in [1.54, 1.807) is 6.92 Å². The van der Waals surface area contributed by atoms with Crippen LogP contribution in [0.15, 0.2) is 0 Å². The summed E-state index contributed by atoms with van der Waals surface area (Å²) in [6, 6.07) is 0. The van der Waals surface area contributed by atoms with Crippen molar-refractivity contribution in [2.24, 2.45) is 5.73 Å². The first-order chi connectivity index (χ1) is 4.57. The van der Waals surface area contributed by atoms with Crippen LogP contribution in [0.25, 0.3) is 0 Å². The van der Waals surface area contributed by atoms with Crippen molar-refractivity contribution < 1.29 is 9.53 Å². The predicted molar refractivity (Wildman–Crippen MR) is 46.1 cm³/mol. The Hall–Kier alpha value is 0.130. The molecule has 0 amide bonds. The van der Waals surface area contributed by atoms with E-state index in [9.17, 15) is 4.79 Å². The van der Waals surface area contributed by atoms with Crippen LogP contribution in [0.5, 0.6) is 0 Å². The molecule has 2 N–H and O–H groups in total. The summed E-state index contributed by atoms with van der Waals surface area (Å²) in [6.45, 7) is 1.70. The molecule has 0 spiro atoms. The predicted octanol–water partition coefficient (Wildman–Crippen LogP) is 0.410. The van der Waals surface area contributed by atoms with Crippen LogP contribution in [0.2, 0.25) is 0 Å². The highest BCUT2D eigenvalue weighted by Crippen LogP contribution is 2.05. The molecule has 3 nitrogen and oxygen atoms in total. The minimum Gasteiger partial charge on any atom is -0.449 e. The number of nitrogens with two attached hydrogens (primary N) is 1. The molecule has 0 saturated carbocycles. The van der Waals surface area contributed by atoms with Gasteiger partial charge in [0.25, 0.3) is 0 Å². The summed E-state index contributed by atoms with van der Waals surface area (Å²) >= 11 is 7.70. The second kappa shape index (κ2) is 4.87. The minimum atomic E-state index is -0.615. The summed E-state index contributed by atoms with van der Waals surface area (Å²) in [4.78, 5) is 10.6. The Morgan fingerprint density at radius 3 is 2.50 bits per heavy atom. The smallest absolute Gasteiger partial charge is 0.306 e. The molecule has 0 saturated heterocycles. The molecule has 0 aliphatic carbocycles. The van der Waals surface area contributed by atoms with Crippen LogP contribution in [0.1, 0.15) is 13.3 Å². The van der Waals surface area contributed by atoms with Gasteiger partial charge < -0.3 is 10.5 Å². The van der Waals surface area contributed by atoms with Gasteiger partial charge in [0.1, 0.15) is 0 Å². The van der Waals surface area contributed by atoms with Gasteiger partial charge in [-0.05, 0) is 0 Å². The first kappa shape index (κ1) is 10.1. The molecule has 0 aromatic heterocycles. The van der Waals surface area contributed by atoms with Crippen LogP contribution in [0.3, 0.4) is 0 Å². The molecular weight excluding hydrogens is 170 g/mol. The third kappa shape index (κ3) is 4.03. The quantitative estimate of drug-likeness (QED) is 0.336. The van der Waals surface area contributed by atoms with Gasteiger partial charge in [-0.2, -0.15) is 12.6 Å². The molecule has 0 fully saturated rings. The lowest BCUT2D eigenvalue weighted by molar-refractivity contribution is -0.144. The highest BCUT2D eigenvalue weighted by atomic mass is 32.1. The molecule has 0 radical (unpaired) electrons. The number of ether oxygens (including phenoxy) is 1. The highest BCUT2D eigenvalue weighted by Gasteiger charge is 2.12. The molecule has 5 heteroatoms. The molecule has 0 aromatic carbocycles. The summed E-state index contributed by atoms with van der Waals surface area (Å²) in [6.07, 6.45) is 0.331. The van der Waals surface area contributed by atoms with Gasteiger partial charge >= 0.3 is 5.97 Å². The topological polar surface area (TPSA) is 52.3 Å². The van der Waals surface area contributed by atoms with Gasteiger partial charge in [-0.25, -0.2) is 0 Å². The molecule has 0 bridgehead atoms. The van der Waals surface area contributed by atoms with Crippen LogP contribution in [0, 0.1) is 0 Å². The average Bonchev–Trinajstić information content (AvgIpc) is 1.87. The van der Waals surface area contributed by atoms with Crippen LogP contribution in [-0.2, 0) is 9.53 Å². The van der Waals surface area contributed by atoms with Gasteiger partial charge in [0, 0.05) is 6.42 Å². The lowest BCUT2D eigenvalue weighted by atomic mass is 10.5. The third-order valence-corrected chi connectivity index (χ3v) is 1.77. The fourth-order valence-corrected chi connectivity index (χ4v) is 0.466. The SMILES string of the molecule is CCC(=O)OC(S)C(N)S. The van der Waals surface area contributed by atoms with Crippen LogP contribution in [0.4, 0.5) is 0 Å². The molecule has 0 heterocycles. The molecule has 2 unspecified atom stereocenters. The van der Waals surface area contributed by atoms with Gasteiger partial charge in [0.15, 0.2) is 5.44 Å². The zero-order valence-electron chi connectivity index (χ0n) is 5.65. The number of esters is 1. The number of hydrogen-bond acceptors (Lipinski definition) is 5. The zero-order valence-corrected chi connectivity index (χ0v) is 7.44. The normalized spacial score (nSPS) is 16.0. The largest absolute Gasteiger partial charge is 0.449 e. The molecule has 2 atom stereocenters. The number of carbonyl (C=O) groups excluding carboxylic acids is 1. The maximum Gasteiger partial charge on any atom is 0.306 e. The van der Waals surface area contributed by atoms with Gasteiger partial charge in [-0.15, -0.1) is 12.6 Å². The van der Waals surface area contributed by atoms with Crippen LogP contribution in [-0.4, -0.2) is 16.8 Å². The van der Waals surface area contributed by atoms with E-state index >= 15 is 0 Å². The molecule has 0 aromatic rings. The minimum absolute atomic E-state index is 0.315. The molecule has 10 heavy (non-hydrogen) atoms. The van der Waals surface area contributed by atoms with Crippen LogP contribution < -0.4 is 5.73 Å². The lowest BCUT2D eigenvalue weighted by Crippen LogP contribution is -2.29. The molecular formula is C5H11NO2S2. The Kier molecular flexibility index (Phi) is 4.93. The standard InChI is InChI=1S/C5H11NO2S2/c1-2-3(7)8-5(10)4(6)9/h4-5,9-10H,2,6H2,1H3. The Morgan fingerprint density at radius 2 is 2.20 bits per heavy atom. The summed E-state index contributed by atoms with van der Waals surface area (Å²) in [7, 11) is 0. The summed E-state index contributed by atoms with van der Waals surface area (Å²) in [5.41, 5.74) is 4.63. The zero-order chi connectivity index (χ0) is 8.15. The Bertz CT molecular complexity index is 118. The van der Waals surface area contributed by atoms with E-state index in [0.29, 0.717) is 6.42 Å². The Balaban J connectivity index is 3.57. The van der Waals surface area contributed by atoms with E-state index in [4.69, 9.17) is 5.73 Å². The van der Waals surface area contributed by atoms with E-state index in [2.05, 4.69) is 30.0 Å². The number of hydrogen-bond donors (Lipinski definition) is 3. The van der Waals surface area contributed by atoms with Gasteiger partial charge in [0.2, 0.25) is 0 Å². The highest BCUT2D eigenvalue weighted by molar-refractivity contribution is 7.85. The second-order valence-electron chi connectivity index (χ2n) is 1.72. The summed E-state index contributed by atoms with van der Waals surface area (Å²) in [5, 5.41) is -0.529. The number of carbonyl (C=O) groups is 1. The van der Waals surface area contributed by atoms with Crippen molar-refractivity contribution in [2.75, 3.05) is 0 Å². The average molecular weight is 181 g/mol. The van der Waals surface area contributed by atoms with Crippen molar-refractivity contribution in [1.82, 2.24) is 0 Å². The fraction of sp³-hybridized carbons (Fsp3) is 0.800. The van der Waals surface area contributed by atoms with Gasteiger partial charge in [-0.3, -0.25) is 4.79 Å². The molecule has 60 valence electrons. The number of rotatable bonds is 3. The van der Waals surface area contributed by atoms with Crippen molar-refractivity contribution >= 4 is 31.2 Å². The van der Waals surface area contributed by atoms with E-state index < -0.39 is 10.8 Å². The van der Waals surface area contributed by atoms with E-state index in [1.165, 1.54) is 0 Å².